The molecule has 0 radical (unpaired) electrons. The Morgan fingerprint density at radius 1 is 1.36 bits per heavy atom. The molecular formula is C11H16ClNO. The summed E-state index contributed by atoms with van der Waals surface area (Å²) in [6, 6.07) is 7.76. The van der Waals surface area contributed by atoms with Crippen LogP contribution >= 0.6 is 11.6 Å². The van der Waals surface area contributed by atoms with E-state index in [-0.39, 0.29) is 6.61 Å². The van der Waals surface area contributed by atoms with Crippen molar-refractivity contribution in [2.24, 2.45) is 5.92 Å². The molecule has 0 spiro atoms. The van der Waals surface area contributed by atoms with Crippen molar-refractivity contribution in [1.29, 1.82) is 0 Å². The topological polar surface area (TPSA) is 32.3 Å². The zero-order chi connectivity index (χ0) is 10.4. The van der Waals surface area contributed by atoms with Crippen LogP contribution in [0.25, 0.3) is 0 Å². The van der Waals surface area contributed by atoms with Gasteiger partial charge in [-0.3, -0.25) is 0 Å². The molecule has 0 saturated heterocycles. The van der Waals surface area contributed by atoms with Crippen LogP contribution in [0, 0.1) is 5.92 Å². The highest BCUT2D eigenvalue weighted by Gasteiger charge is 1.98. The summed E-state index contributed by atoms with van der Waals surface area (Å²) >= 11 is 5.77. The van der Waals surface area contributed by atoms with E-state index in [9.17, 15) is 0 Å². The van der Waals surface area contributed by atoms with Crippen LogP contribution in [0.15, 0.2) is 24.3 Å². The van der Waals surface area contributed by atoms with Crippen LogP contribution in [-0.2, 0) is 6.54 Å². The molecule has 1 aromatic carbocycles. The normalized spacial score (nSPS) is 12.8. The molecule has 1 aromatic rings. The highest BCUT2D eigenvalue weighted by atomic mass is 35.5. The highest BCUT2D eigenvalue weighted by Crippen LogP contribution is 2.09. The SMILES string of the molecule is CC(CO)CNCc1ccc(Cl)cc1. The molecule has 0 aliphatic rings. The molecule has 2 nitrogen and oxygen atoms in total. The number of aliphatic hydroxyl groups excluding tert-OH is 1. The number of nitrogens with one attached hydrogen (secondary N) is 1. The molecule has 2 N–H and O–H groups in total. The molecule has 0 aliphatic heterocycles. The standard InChI is InChI=1S/C11H16ClNO/c1-9(8-14)6-13-7-10-2-4-11(12)5-3-10/h2-5,9,13-14H,6-8H2,1H3. The van der Waals surface area contributed by atoms with Crippen molar-refractivity contribution in [2.45, 2.75) is 13.5 Å². The second kappa shape index (κ2) is 6.02. The van der Waals surface area contributed by atoms with Crippen LogP contribution in [0.4, 0.5) is 0 Å². The molecule has 0 bridgehead atoms. The first-order valence-electron chi connectivity index (χ1n) is 4.78. The van der Waals surface area contributed by atoms with E-state index < -0.39 is 0 Å². The Balaban J connectivity index is 2.28. The van der Waals surface area contributed by atoms with Crippen molar-refractivity contribution in [1.82, 2.24) is 5.32 Å². The summed E-state index contributed by atoms with van der Waals surface area (Å²) in [5.74, 6) is 0.308. The first kappa shape index (κ1) is 11.5. The zero-order valence-electron chi connectivity index (χ0n) is 8.33. The molecule has 0 saturated carbocycles. The van der Waals surface area contributed by atoms with E-state index in [1.54, 1.807) is 0 Å². The third-order valence-electron chi connectivity index (χ3n) is 2.05. The quantitative estimate of drug-likeness (QED) is 0.785. The molecule has 3 heteroatoms. The lowest BCUT2D eigenvalue weighted by Crippen LogP contribution is -2.22. The predicted molar refractivity (Wildman–Crippen MR) is 59.4 cm³/mol. The molecule has 1 rings (SSSR count). The number of halogens is 1. The van der Waals surface area contributed by atoms with Gasteiger partial charge >= 0.3 is 0 Å². The summed E-state index contributed by atoms with van der Waals surface area (Å²) in [4.78, 5) is 0. The second-order valence-electron chi connectivity index (χ2n) is 3.55. The molecule has 0 aliphatic carbocycles. The molecular weight excluding hydrogens is 198 g/mol. The molecule has 0 aromatic heterocycles. The van der Waals surface area contributed by atoms with Gasteiger partial charge in [0.15, 0.2) is 0 Å². The fraction of sp³-hybridized carbons (Fsp3) is 0.455. The van der Waals surface area contributed by atoms with Gasteiger partial charge in [0, 0.05) is 24.7 Å². The molecule has 14 heavy (non-hydrogen) atoms. The van der Waals surface area contributed by atoms with Crippen molar-refractivity contribution in [2.75, 3.05) is 13.2 Å². The van der Waals surface area contributed by atoms with Gasteiger partial charge in [0.25, 0.3) is 0 Å². The predicted octanol–water partition coefficient (Wildman–Crippen LogP) is 2.06. The summed E-state index contributed by atoms with van der Waals surface area (Å²) < 4.78 is 0. The van der Waals surface area contributed by atoms with Gasteiger partial charge in [-0.05, 0) is 23.6 Å². The van der Waals surface area contributed by atoms with Gasteiger partial charge in [-0.15, -0.1) is 0 Å². The largest absolute Gasteiger partial charge is 0.396 e. The Kier molecular flexibility index (Phi) is 4.94. The number of hydrogen-bond acceptors (Lipinski definition) is 2. The molecule has 0 fully saturated rings. The van der Waals surface area contributed by atoms with Gasteiger partial charge < -0.3 is 10.4 Å². The summed E-state index contributed by atoms with van der Waals surface area (Å²) in [6.45, 7) is 3.89. The first-order chi connectivity index (χ1) is 6.72. The first-order valence-corrected chi connectivity index (χ1v) is 5.16. The minimum absolute atomic E-state index is 0.230. The van der Waals surface area contributed by atoms with Crippen LogP contribution in [0.1, 0.15) is 12.5 Å². The third-order valence-corrected chi connectivity index (χ3v) is 2.30. The number of hydrogen-bond donors (Lipinski definition) is 2. The minimum Gasteiger partial charge on any atom is -0.396 e. The average molecular weight is 214 g/mol. The molecule has 78 valence electrons. The van der Waals surface area contributed by atoms with Gasteiger partial charge in [-0.25, -0.2) is 0 Å². The summed E-state index contributed by atoms with van der Waals surface area (Å²) in [5, 5.41) is 12.8. The Hall–Kier alpha value is -0.570. The second-order valence-corrected chi connectivity index (χ2v) is 3.98. The van der Waals surface area contributed by atoms with E-state index in [2.05, 4.69) is 5.32 Å². The van der Waals surface area contributed by atoms with Gasteiger partial charge in [0.05, 0.1) is 0 Å². The Morgan fingerprint density at radius 3 is 2.57 bits per heavy atom. The fourth-order valence-electron chi connectivity index (χ4n) is 1.13. The van der Waals surface area contributed by atoms with Gasteiger partial charge in [0.1, 0.15) is 0 Å². The van der Waals surface area contributed by atoms with Crippen molar-refractivity contribution in [3.63, 3.8) is 0 Å². The van der Waals surface area contributed by atoms with Crippen molar-refractivity contribution in [3.8, 4) is 0 Å². The molecule has 1 unspecified atom stereocenters. The van der Waals surface area contributed by atoms with E-state index in [0.717, 1.165) is 18.1 Å². The van der Waals surface area contributed by atoms with Crippen LogP contribution in [0.3, 0.4) is 0 Å². The lowest BCUT2D eigenvalue weighted by atomic mass is 10.2. The Labute approximate surface area is 89.9 Å². The van der Waals surface area contributed by atoms with Gasteiger partial charge in [-0.1, -0.05) is 30.7 Å². The maximum Gasteiger partial charge on any atom is 0.0468 e. The van der Waals surface area contributed by atoms with Crippen LogP contribution in [0.2, 0.25) is 5.02 Å². The monoisotopic (exact) mass is 213 g/mol. The number of aliphatic hydroxyl groups is 1. The summed E-state index contributed by atoms with van der Waals surface area (Å²) in [7, 11) is 0. The van der Waals surface area contributed by atoms with Crippen molar-refractivity contribution < 1.29 is 5.11 Å². The molecule has 0 amide bonds. The van der Waals surface area contributed by atoms with Crippen molar-refractivity contribution in [3.05, 3.63) is 34.9 Å². The van der Waals surface area contributed by atoms with E-state index in [0.29, 0.717) is 5.92 Å². The summed E-state index contributed by atoms with van der Waals surface area (Å²) in [5.41, 5.74) is 1.21. The number of rotatable bonds is 5. The summed E-state index contributed by atoms with van der Waals surface area (Å²) in [6.07, 6.45) is 0. The van der Waals surface area contributed by atoms with Crippen LogP contribution in [0.5, 0.6) is 0 Å². The smallest absolute Gasteiger partial charge is 0.0468 e. The van der Waals surface area contributed by atoms with Gasteiger partial charge in [-0.2, -0.15) is 0 Å². The van der Waals surface area contributed by atoms with E-state index in [4.69, 9.17) is 16.7 Å². The third kappa shape index (κ3) is 4.09. The molecule has 1 atom stereocenters. The maximum absolute atomic E-state index is 8.81. The highest BCUT2D eigenvalue weighted by molar-refractivity contribution is 6.30. The average Bonchev–Trinajstić information content (AvgIpc) is 2.21. The van der Waals surface area contributed by atoms with E-state index in [1.165, 1.54) is 5.56 Å². The maximum atomic E-state index is 8.81. The van der Waals surface area contributed by atoms with Crippen LogP contribution in [-0.4, -0.2) is 18.3 Å². The Bertz CT molecular complexity index is 260. The Morgan fingerprint density at radius 2 is 2.00 bits per heavy atom. The number of benzene rings is 1. The van der Waals surface area contributed by atoms with Crippen LogP contribution < -0.4 is 5.32 Å². The zero-order valence-corrected chi connectivity index (χ0v) is 9.09. The van der Waals surface area contributed by atoms with E-state index >= 15 is 0 Å². The molecule has 0 heterocycles. The lowest BCUT2D eigenvalue weighted by Gasteiger charge is -2.09. The fourth-order valence-corrected chi connectivity index (χ4v) is 1.26. The van der Waals surface area contributed by atoms with Crippen molar-refractivity contribution >= 4 is 11.6 Å². The van der Waals surface area contributed by atoms with Gasteiger partial charge in [0.2, 0.25) is 0 Å². The lowest BCUT2D eigenvalue weighted by molar-refractivity contribution is 0.233. The van der Waals surface area contributed by atoms with E-state index in [1.807, 2.05) is 31.2 Å². The minimum atomic E-state index is 0.230.